The number of nitrogens with zero attached hydrogens (tertiary/aromatic N) is 2. The van der Waals surface area contributed by atoms with Crippen LogP contribution in [0.1, 0.15) is 10.4 Å². The molecule has 0 spiro atoms. The Bertz CT molecular complexity index is 745. The topological polar surface area (TPSA) is 35.6 Å². The molecule has 0 unspecified atom stereocenters. The number of carbonyl (C=O) groups excluding carboxylic acids is 1. The van der Waals surface area contributed by atoms with Gasteiger partial charge in [-0.1, -0.05) is 23.7 Å². The number of carbonyl (C=O) groups is 1. The summed E-state index contributed by atoms with van der Waals surface area (Å²) in [5.74, 6) is -0.113. The summed E-state index contributed by atoms with van der Waals surface area (Å²) in [5.41, 5.74) is 2.45. The zero-order valence-electron chi connectivity index (χ0n) is 13.4. The Morgan fingerprint density at radius 3 is 2.54 bits per heavy atom. The highest BCUT2D eigenvalue weighted by Crippen LogP contribution is 2.30. The number of anilines is 2. The molecule has 0 bridgehead atoms. The van der Waals surface area contributed by atoms with E-state index in [-0.39, 0.29) is 5.91 Å². The van der Waals surface area contributed by atoms with Crippen molar-refractivity contribution >= 4 is 51.5 Å². The first kappa shape index (κ1) is 17.5. The molecule has 1 heterocycles. The van der Waals surface area contributed by atoms with Gasteiger partial charge in [-0.2, -0.15) is 0 Å². The molecule has 24 heavy (non-hydrogen) atoms. The Kier molecular flexibility index (Phi) is 5.63. The summed E-state index contributed by atoms with van der Waals surface area (Å²) in [7, 11) is 2.12. The van der Waals surface area contributed by atoms with E-state index in [0.717, 1.165) is 41.1 Å². The van der Waals surface area contributed by atoms with E-state index in [2.05, 4.69) is 44.8 Å². The minimum absolute atomic E-state index is 0.113. The Labute approximate surface area is 160 Å². The van der Waals surface area contributed by atoms with Crippen LogP contribution >= 0.6 is 34.2 Å². The third kappa shape index (κ3) is 4.02. The monoisotopic (exact) mass is 455 g/mol. The molecule has 1 amide bonds. The van der Waals surface area contributed by atoms with E-state index in [9.17, 15) is 4.79 Å². The van der Waals surface area contributed by atoms with Crippen LogP contribution in [0.3, 0.4) is 0 Å². The van der Waals surface area contributed by atoms with E-state index in [4.69, 9.17) is 11.6 Å². The molecule has 6 heteroatoms. The van der Waals surface area contributed by atoms with Crippen molar-refractivity contribution in [2.45, 2.75) is 0 Å². The van der Waals surface area contributed by atoms with E-state index in [1.165, 1.54) is 0 Å². The fourth-order valence-corrected chi connectivity index (χ4v) is 3.57. The molecule has 1 aliphatic heterocycles. The van der Waals surface area contributed by atoms with Crippen LogP contribution in [0.15, 0.2) is 42.5 Å². The molecule has 0 radical (unpaired) electrons. The van der Waals surface area contributed by atoms with Crippen molar-refractivity contribution in [2.75, 3.05) is 43.4 Å². The number of halogens is 2. The minimum atomic E-state index is -0.113. The van der Waals surface area contributed by atoms with Crippen LogP contribution in [0.25, 0.3) is 0 Å². The normalized spacial score (nSPS) is 15.4. The van der Waals surface area contributed by atoms with Crippen molar-refractivity contribution in [1.82, 2.24) is 4.90 Å². The molecule has 2 aromatic carbocycles. The zero-order valence-corrected chi connectivity index (χ0v) is 16.3. The third-order valence-corrected chi connectivity index (χ3v) is 5.35. The molecule has 1 N–H and O–H groups in total. The lowest BCUT2D eigenvalue weighted by Crippen LogP contribution is -2.44. The van der Waals surface area contributed by atoms with E-state index in [0.29, 0.717) is 10.6 Å². The van der Waals surface area contributed by atoms with Crippen molar-refractivity contribution in [3.63, 3.8) is 0 Å². The number of hydrogen-bond acceptors (Lipinski definition) is 3. The summed E-state index contributed by atoms with van der Waals surface area (Å²) in [6.45, 7) is 3.88. The van der Waals surface area contributed by atoms with Gasteiger partial charge in [0.25, 0.3) is 5.91 Å². The van der Waals surface area contributed by atoms with Gasteiger partial charge in [-0.25, -0.2) is 0 Å². The number of amides is 1. The molecule has 126 valence electrons. The molecule has 1 fully saturated rings. The Hall–Kier alpha value is -1.31. The highest BCUT2D eigenvalue weighted by molar-refractivity contribution is 14.1. The van der Waals surface area contributed by atoms with Crippen LogP contribution in [-0.4, -0.2) is 44.0 Å². The van der Waals surface area contributed by atoms with Crippen LogP contribution in [0.5, 0.6) is 0 Å². The molecular weight excluding hydrogens is 437 g/mol. The van der Waals surface area contributed by atoms with E-state index >= 15 is 0 Å². The van der Waals surface area contributed by atoms with Crippen LogP contribution in [0.2, 0.25) is 5.02 Å². The van der Waals surface area contributed by atoms with Crippen LogP contribution < -0.4 is 10.2 Å². The first-order valence-electron chi connectivity index (χ1n) is 7.83. The molecular formula is C18H19ClIN3O. The lowest BCUT2D eigenvalue weighted by atomic mass is 10.2. The summed E-state index contributed by atoms with van der Waals surface area (Å²) in [4.78, 5) is 17.2. The maximum Gasteiger partial charge on any atom is 0.256 e. The second-order valence-corrected chi connectivity index (χ2v) is 7.48. The fraction of sp³-hybridized carbons (Fsp3) is 0.278. The summed E-state index contributed by atoms with van der Waals surface area (Å²) in [6, 6.07) is 13.2. The zero-order chi connectivity index (χ0) is 17.1. The minimum Gasteiger partial charge on any atom is -0.367 e. The highest BCUT2D eigenvalue weighted by atomic mass is 127. The van der Waals surface area contributed by atoms with Crippen LogP contribution in [-0.2, 0) is 0 Å². The molecule has 0 atom stereocenters. The molecule has 1 saturated heterocycles. The predicted molar refractivity (Wildman–Crippen MR) is 108 cm³/mol. The largest absolute Gasteiger partial charge is 0.367 e. The van der Waals surface area contributed by atoms with Crippen LogP contribution in [0, 0.1) is 3.57 Å². The van der Waals surface area contributed by atoms with Gasteiger partial charge in [-0.15, -0.1) is 0 Å². The smallest absolute Gasteiger partial charge is 0.256 e. The van der Waals surface area contributed by atoms with Gasteiger partial charge in [0.2, 0.25) is 0 Å². The van der Waals surface area contributed by atoms with Gasteiger partial charge in [0, 0.05) is 34.8 Å². The second kappa shape index (κ2) is 7.72. The van der Waals surface area contributed by atoms with Gasteiger partial charge in [-0.3, -0.25) is 4.79 Å². The number of likely N-dealkylation sites (N-methyl/N-ethyl adjacent to an activating group) is 1. The molecule has 0 aliphatic carbocycles. The lowest BCUT2D eigenvalue weighted by molar-refractivity contribution is 0.102. The molecule has 4 nitrogen and oxygen atoms in total. The average molecular weight is 456 g/mol. The molecule has 0 aromatic heterocycles. The first-order valence-corrected chi connectivity index (χ1v) is 9.29. The van der Waals surface area contributed by atoms with E-state index in [1.807, 2.05) is 42.5 Å². The summed E-state index contributed by atoms with van der Waals surface area (Å²) in [6.07, 6.45) is 0. The molecule has 1 aliphatic rings. The van der Waals surface area contributed by atoms with Gasteiger partial charge in [0.05, 0.1) is 16.9 Å². The van der Waals surface area contributed by atoms with E-state index < -0.39 is 0 Å². The van der Waals surface area contributed by atoms with Crippen molar-refractivity contribution < 1.29 is 4.79 Å². The fourth-order valence-electron chi connectivity index (χ4n) is 2.77. The number of hydrogen-bond donors (Lipinski definition) is 1. The van der Waals surface area contributed by atoms with Crippen molar-refractivity contribution in [2.24, 2.45) is 0 Å². The maximum atomic E-state index is 12.6. The molecule has 0 saturated carbocycles. The van der Waals surface area contributed by atoms with Gasteiger partial charge in [0.15, 0.2) is 0 Å². The molecule has 2 aromatic rings. The van der Waals surface area contributed by atoms with Gasteiger partial charge in [0.1, 0.15) is 0 Å². The highest BCUT2D eigenvalue weighted by Gasteiger charge is 2.19. The predicted octanol–water partition coefficient (Wildman–Crippen LogP) is 3.95. The number of nitrogens with one attached hydrogen (secondary N) is 1. The summed E-state index contributed by atoms with van der Waals surface area (Å²) >= 11 is 8.34. The number of benzene rings is 2. The number of rotatable bonds is 3. The van der Waals surface area contributed by atoms with Gasteiger partial charge >= 0.3 is 0 Å². The first-order chi connectivity index (χ1) is 11.5. The standard InChI is InChI=1S/C18H19ClIN3O/c1-22-8-10-23(11-9-22)17-7-6-13(19)12-16(17)21-18(24)14-4-2-3-5-15(14)20/h2-7,12H,8-11H2,1H3,(H,21,24). The van der Waals surface area contributed by atoms with Crippen LogP contribution in [0.4, 0.5) is 11.4 Å². The Morgan fingerprint density at radius 1 is 1.12 bits per heavy atom. The van der Waals surface area contributed by atoms with Crippen molar-refractivity contribution in [1.29, 1.82) is 0 Å². The summed E-state index contributed by atoms with van der Waals surface area (Å²) in [5, 5.41) is 3.65. The Morgan fingerprint density at radius 2 is 1.83 bits per heavy atom. The SMILES string of the molecule is CN1CCN(c2ccc(Cl)cc2NC(=O)c2ccccc2I)CC1. The lowest BCUT2D eigenvalue weighted by Gasteiger charge is -2.35. The van der Waals surface area contributed by atoms with E-state index in [1.54, 1.807) is 0 Å². The average Bonchev–Trinajstić information content (AvgIpc) is 2.56. The Balaban J connectivity index is 1.86. The third-order valence-electron chi connectivity index (χ3n) is 4.17. The van der Waals surface area contributed by atoms with Gasteiger partial charge in [-0.05, 0) is 60.0 Å². The maximum absolute atomic E-state index is 12.6. The second-order valence-electron chi connectivity index (χ2n) is 5.89. The van der Waals surface area contributed by atoms with Crippen molar-refractivity contribution in [3.8, 4) is 0 Å². The summed E-state index contributed by atoms with van der Waals surface area (Å²) < 4.78 is 0.927. The quantitative estimate of drug-likeness (QED) is 0.712. The number of piperazine rings is 1. The molecule has 3 rings (SSSR count). The van der Waals surface area contributed by atoms with Gasteiger partial charge < -0.3 is 15.1 Å². The van der Waals surface area contributed by atoms with Crippen molar-refractivity contribution in [3.05, 3.63) is 56.6 Å².